The maximum atomic E-state index is 13.0. The lowest BCUT2D eigenvalue weighted by Gasteiger charge is -2.08. The highest BCUT2D eigenvalue weighted by molar-refractivity contribution is 7.21. The summed E-state index contributed by atoms with van der Waals surface area (Å²) in [5, 5.41) is 0.563. The van der Waals surface area contributed by atoms with Gasteiger partial charge in [0.1, 0.15) is 4.83 Å². The largest absolute Gasteiger partial charge is 0.345 e. The van der Waals surface area contributed by atoms with Gasteiger partial charge in [-0.2, -0.15) is 0 Å². The average molecular weight is 404 g/mol. The Hall–Kier alpha value is -2.99. The van der Waals surface area contributed by atoms with E-state index >= 15 is 0 Å². The Labute approximate surface area is 172 Å². The van der Waals surface area contributed by atoms with Gasteiger partial charge < -0.3 is 4.57 Å². The molecular formula is C23H21N3O2S. The molecule has 0 saturated heterocycles. The molecule has 0 atom stereocenters. The van der Waals surface area contributed by atoms with Crippen LogP contribution >= 0.6 is 11.3 Å². The third-order valence-electron chi connectivity index (χ3n) is 5.59. The predicted octanol–water partition coefficient (Wildman–Crippen LogP) is 4.76. The normalized spacial score (nSPS) is 13.9. The lowest BCUT2D eigenvalue weighted by Crippen LogP contribution is -2.24. The Balaban J connectivity index is 1.48. The first-order valence-corrected chi connectivity index (χ1v) is 10.6. The molecule has 0 bridgehead atoms. The number of rotatable bonds is 5. The number of Topliss-reactive ketones (excluding diaryl/α,β-unsaturated/α-hetero) is 1. The molecule has 3 heterocycles. The van der Waals surface area contributed by atoms with Crippen molar-refractivity contribution >= 4 is 27.3 Å². The average Bonchev–Trinajstić information content (AvgIpc) is 3.37. The molecule has 6 heteroatoms. The van der Waals surface area contributed by atoms with Crippen LogP contribution in [0.3, 0.4) is 0 Å². The summed E-state index contributed by atoms with van der Waals surface area (Å²) in [7, 11) is 0. The monoisotopic (exact) mass is 403 g/mol. The highest BCUT2D eigenvalue weighted by Crippen LogP contribution is 2.38. The summed E-state index contributed by atoms with van der Waals surface area (Å²) in [6.07, 6.45) is 3.84. The standard InChI is InChI=1S/C23H21N3O2S/c1-14-10-18(15(2)26(14)17-8-9-17)20(27)12-25-13-24-22-19(23(25)28)11-21(29-22)16-6-4-3-5-7-16/h3-7,10-11,13,17H,8-9,12H2,1-2H3. The fourth-order valence-corrected chi connectivity index (χ4v) is 5.01. The first-order valence-electron chi connectivity index (χ1n) is 9.79. The van der Waals surface area contributed by atoms with Gasteiger partial charge in [0.2, 0.25) is 0 Å². The van der Waals surface area contributed by atoms with Crippen molar-refractivity contribution < 1.29 is 4.79 Å². The molecule has 5 rings (SSSR count). The summed E-state index contributed by atoms with van der Waals surface area (Å²) >= 11 is 1.49. The Morgan fingerprint density at radius 1 is 1.17 bits per heavy atom. The van der Waals surface area contributed by atoms with Crippen molar-refractivity contribution in [2.45, 2.75) is 39.3 Å². The number of hydrogen-bond donors (Lipinski definition) is 0. The first-order chi connectivity index (χ1) is 14.0. The van der Waals surface area contributed by atoms with Crippen LogP contribution < -0.4 is 5.56 Å². The molecular weight excluding hydrogens is 382 g/mol. The molecule has 1 aromatic carbocycles. The SMILES string of the molecule is Cc1cc(C(=O)Cn2cnc3sc(-c4ccccc4)cc3c2=O)c(C)n1C1CC1. The van der Waals surface area contributed by atoms with Gasteiger partial charge in [-0.15, -0.1) is 11.3 Å². The molecule has 29 heavy (non-hydrogen) atoms. The van der Waals surface area contributed by atoms with E-state index in [4.69, 9.17) is 0 Å². The molecule has 0 unspecified atom stereocenters. The van der Waals surface area contributed by atoms with Gasteiger partial charge in [-0.3, -0.25) is 14.2 Å². The van der Waals surface area contributed by atoms with Crippen molar-refractivity contribution in [3.05, 3.63) is 76.1 Å². The maximum absolute atomic E-state index is 13.0. The minimum Gasteiger partial charge on any atom is -0.345 e. The lowest BCUT2D eigenvalue weighted by molar-refractivity contribution is 0.0970. The molecule has 1 saturated carbocycles. The molecule has 0 radical (unpaired) electrons. The molecule has 146 valence electrons. The zero-order valence-electron chi connectivity index (χ0n) is 16.4. The van der Waals surface area contributed by atoms with E-state index in [0.29, 0.717) is 21.8 Å². The summed E-state index contributed by atoms with van der Waals surface area (Å²) in [4.78, 5) is 32.1. The summed E-state index contributed by atoms with van der Waals surface area (Å²) in [5.41, 5.74) is 3.71. The molecule has 5 nitrogen and oxygen atoms in total. The number of carbonyl (C=O) groups is 1. The Kier molecular flexibility index (Phi) is 4.24. The summed E-state index contributed by atoms with van der Waals surface area (Å²) in [5.74, 6) is -0.0493. The third-order valence-corrected chi connectivity index (χ3v) is 6.68. The predicted molar refractivity (Wildman–Crippen MR) is 116 cm³/mol. The van der Waals surface area contributed by atoms with Crippen LogP contribution in [-0.2, 0) is 6.54 Å². The van der Waals surface area contributed by atoms with Gasteiger partial charge in [-0.25, -0.2) is 4.98 Å². The smallest absolute Gasteiger partial charge is 0.262 e. The second-order valence-corrected chi connectivity index (χ2v) is 8.71. The van der Waals surface area contributed by atoms with E-state index in [1.54, 1.807) is 0 Å². The first kappa shape index (κ1) is 18.1. The van der Waals surface area contributed by atoms with Gasteiger partial charge in [0.05, 0.1) is 18.3 Å². The van der Waals surface area contributed by atoms with Gasteiger partial charge in [0, 0.05) is 27.9 Å². The van der Waals surface area contributed by atoms with Crippen molar-refractivity contribution in [3.63, 3.8) is 0 Å². The van der Waals surface area contributed by atoms with E-state index in [0.717, 1.165) is 21.8 Å². The van der Waals surface area contributed by atoms with E-state index in [1.807, 2.05) is 56.3 Å². The van der Waals surface area contributed by atoms with Crippen LogP contribution in [0.1, 0.15) is 40.6 Å². The molecule has 1 fully saturated rings. The van der Waals surface area contributed by atoms with Gasteiger partial charge in [0.25, 0.3) is 5.56 Å². The van der Waals surface area contributed by atoms with Gasteiger partial charge in [0.15, 0.2) is 5.78 Å². The number of ketones is 1. The number of carbonyl (C=O) groups excluding carboxylic acids is 1. The van der Waals surface area contributed by atoms with Crippen LogP contribution in [0.2, 0.25) is 0 Å². The summed E-state index contributed by atoms with van der Waals surface area (Å²) in [6, 6.07) is 14.3. The minimum atomic E-state index is -0.169. The van der Waals surface area contributed by atoms with Gasteiger partial charge in [-0.05, 0) is 44.4 Å². The van der Waals surface area contributed by atoms with Gasteiger partial charge >= 0.3 is 0 Å². The maximum Gasteiger partial charge on any atom is 0.262 e. The molecule has 0 spiro atoms. The summed E-state index contributed by atoms with van der Waals surface area (Å²) in [6.45, 7) is 4.04. The van der Waals surface area contributed by atoms with E-state index in [1.165, 1.54) is 35.1 Å². The number of benzene rings is 1. The number of aryl methyl sites for hydroxylation is 1. The number of hydrogen-bond acceptors (Lipinski definition) is 4. The zero-order chi connectivity index (χ0) is 20.1. The number of thiophene rings is 1. The minimum absolute atomic E-state index is 0.00719. The number of aromatic nitrogens is 3. The van der Waals surface area contributed by atoms with Crippen LogP contribution in [-0.4, -0.2) is 19.9 Å². The zero-order valence-corrected chi connectivity index (χ0v) is 17.2. The second kappa shape index (κ2) is 6.81. The van der Waals surface area contributed by atoms with Gasteiger partial charge in [-0.1, -0.05) is 30.3 Å². The highest BCUT2D eigenvalue weighted by atomic mass is 32.1. The van der Waals surface area contributed by atoms with Crippen LogP contribution in [0.5, 0.6) is 0 Å². The third kappa shape index (κ3) is 3.13. The number of nitrogens with zero attached hydrogens (tertiary/aromatic N) is 3. The fraction of sp³-hybridized carbons (Fsp3) is 0.261. The Morgan fingerprint density at radius 2 is 1.93 bits per heavy atom. The lowest BCUT2D eigenvalue weighted by atomic mass is 10.1. The highest BCUT2D eigenvalue weighted by Gasteiger charge is 2.28. The molecule has 0 amide bonds. The van der Waals surface area contributed by atoms with Crippen LogP contribution in [0.4, 0.5) is 0 Å². The van der Waals surface area contributed by atoms with Crippen LogP contribution in [0.25, 0.3) is 20.7 Å². The fourth-order valence-electron chi connectivity index (χ4n) is 4.01. The quantitative estimate of drug-likeness (QED) is 0.452. The van der Waals surface area contributed by atoms with Crippen molar-refractivity contribution in [1.29, 1.82) is 0 Å². The van der Waals surface area contributed by atoms with Crippen molar-refractivity contribution in [2.75, 3.05) is 0 Å². The van der Waals surface area contributed by atoms with E-state index in [2.05, 4.69) is 9.55 Å². The van der Waals surface area contributed by atoms with Crippen LogP contribution in [0.15, 0.2) is 53.6 Å². The van der Waals surface area contributed by atoms with E-state index in [9.17, 15) is 9.59 Å². The molecule has 4 aromatic rings. The molecule has 1 aliphatic carbocycles. The van der Waals surface area contributed by atoms with Crippen molar-refractivity contribution in [1.82, 2.24) is 14.1 Å². The number of fused-ring (bicyclic) bond motifs is 1. The molecule has 0 aliphatic heterocycles. The molecule has 3 aromatic heterocycles. The molecule has 1 aliphatic rings. The summed E-state index contributed by atoms with van der Waals surface area (Å²) < 4.78 is 3.68. The second-order valence-electron chi connectivity index (χ2n) is 7.68. The van der Waals surface area contributed by atoms with E-state index < -0.39 is 0 Å². The van der Waals surface area contributed by atoms with E-state index in [-0.39, 0.29) is 17.9 Å². The Bertz CT molecular complexity index is 1290. The Morgan fingerprint density at radius 3 is 2.66 bits per heavy atom. The van der Waals surface area contributed by atoms with Crippen molar-refractivity contribution in [2.24, 2.45) is 0 Å². The van der Waals surface area contributed by atoms with Crippen molar-refractivity contribution in [3.8, 4) is 10.4 Å². The topological polar surface area (TPSA) is 56.9 Å². The molecule has 0 N–H and O–H groups in total. The van der Waals surface area contributed by atoms with Crippen LogP contribution in [0, 0.1) is 13.8 Å².